The molecule has 176 valence electrons. The molecule has 0 saturated heterocycles. The van der Waals surface area contributed by atoms with Crippen LogP contribution in [0.5, 0.6) is 0 Å². The number of anilines is 1. The number of nitrogens with zero attached hydrogens (tertiary/aromatic N) is 4. The van der Waals surface area contributed by atoms with Gasteiger partial charge in [0.05, 0.1) is 28.1 Å². The molecule has 0 amide bonds. The van der Waals surface area contributed by atoms with Crippen molar-refractivity contribution in [3.63, 3.8) is 0 Å². The summed E-state index contributed by atoms with van der Waals surface area (Å²) in [5.41, 5.74) is 3.11. The predicted octanol–water partition coefficient (Wildman–Crippen LogP) is 7.03. The van der Waals surface area contributed by atoms with Crippen LogP contribution in [0.4, 0.5) is 47.9 Å². The van der Waals surface area contributed by atoms with Crippen molar-refractivity contribution in [3.8, 4) is 6.07 Å². The molecule has 2 aromatic carbocycles. The van der Waals surface area contributed by atoms with Crippen molar-refractivity contribution in [1.82, 2.24) is 4.98 Å². The van der Waals surface area contributed by atoms with Crippen molar-refractivity contribution in [2.75, 3.05) is 5.73 Å². The Labute approximate surface area is 188 Å². The number of hydrogen-bond donors (Lipinski definition) is 1. The third kappa shape index (κ3) is 5.31. The highest BCUT2D eigenvalue weighted by atomic mass is 19.4. The number of aromatic nitrogens is 1. The van der Waals surface area contributed by atoms with E-state index in [4.69, 9.17) is 5.73 Å². The van der Waals surface area contributed by atoms with Crippen LogP contribution in [0.15, 0.2) is 52.7 Å². The van der Waals surface area contributed by atoms with E-state index in [9.17, 15) is 36.0 Å². The van der Waals surface area contributed by atoms with Crippen LogP contribution in [-0.2, 0) is 18.8 Å². The van der Waals surface area contributed by atoms with E-state index in [1.165, 1.54) is 19.1 Å². The Bertz CT molecular complexity index is 1300. The second kappa shape index (κ2) is 9.09. The van der Waals surface area contributed by atoms with Crippen molar-refractivity contribution in [3.05, 3.63) is 81.8 Å². The molecule has 0 unspecified atom stereocenters. The van der Waals surface area contributed by atoms with Gasteiger partial charge in [-0.1, -0.05) is 18.2 Å². The summed E-state index contributed by atoms with van der Waals surface area (Å²) in [5.74, 6) is -1.41. The van der Waals surface area contributed by atoms with Gasteiger partial charge in [-0.05, 0) is 42.3 Å². The lowest BCUT2D eigenvalue weighted by atomic mass is 10.00. The minimum absolute atomic E-state index is 0.0595. The molecule has 0 saturated carbocycles. The molecule has 0 aliphatic carbocycles. The van der Waals surface area contributed by atoms with Crippen molar-refractivity contribution in [2.24, 2.45) is 10.2 Å². The topological polar surface area (TPSA) is 87.4 Å². The van der Waals surface area contributed by atoms with Gasteiger partial charge in [0.1, 0.15) is 17.6 Å². The van der Waals surface area contributed by atoms with Crippen LogP contribution in [0, 0.1) is 24.1 Å². The Kier molecular flexibility index (Phi) is 6.58. The quantitative estimate of drug-likeness (QED) is 0.321. The number of azo groups is 1. The number of halogens is 7. The Balaban J connectivity index is 2.02. The fraction of sp³-hybridized carbons (Fsp3) is 0.182. The van der Waals surface area contributed by atoms with Crippen LogP contribution in [0.3, 0.4) is 0 Å². The number of nitrogen functional groups attached to an aromatic ring is 1. The van der Waals surface area contributed by atoms with Crippen molar-refractivity contribution in [2.45, 2.75) is 25.7 Å². The molecule has 0 bridgehead atoms. The van der Waals surface area contributed by atoms with Crippen molar-refractivity contribution in [1.29, 1.82) is 5.26 Å². The summed E-state index contributed by atoms with van der Waals surface area (Å²) in [4.78, 5) is 4.03. The lowest BCUT2D eigenvalue weighted by Crippen LogP contribution is -2.07. The van der Waals surface area contributed by atoms with Gasteiger partial charge in [-0.3, -0.25) is 0 Å². The summed E-state index contributed by atoms with van der Waals surface area (Å²) in [7, 11) is 0. The summed E-state index contributed by atoms with van der Waals surface area (Å²) in [6.07, 6.45) is -9.62. The van der Waals surface area contributed by atoms with Crippen LogP contribution >= 0.6 is 0 Å². The van der Waals surface area contributed by atoms with E-state index in [0.717, 1.165) is 24.3 Å². The van der Waals surface area contributed by atoms with Gasteiger partial charge in [0.15, 0.2) is 5.82 Å². The summed E-state index contributed by atoms with van der Waals surface area (Å²) in [5, 5.41) is 16.8. The highest BCUT2D eigenvalue weighted by Gasteiger charge is 2.34. The highest BCUT2D eigenvalue weighted by Crippen LogP contribution is 2.39. The van der Waals surface area contributed by atoms with E-state index >= 15 is 0 Å². The van der Waals surface area contributed by atoms with Gasteiger partial charge in [0.25, 0.3) is 0 Å². The summed E-state index contributed by atoms with van der Waals surface area (Å²) in [6.45, 7) is 1.40. The van der Waals surface area contributed by atoms with Gasteiger partial charge < -0.3 is 5.73 Å². The van der Waals surface area contributed by atoms with E-state index in [-0.39, 0.29) is 46.4 Å². The zero-order valence-electron chi connectivity index (χ0n) is 17.3. The third-order valence-electron chi connectivity index (χ3n) is 4.78. The van der Waals surface area contributed by atoms with Crippen LogP contribution in [-0.4, -0.2) is 4.98 Å². The van der Waals surface area contributed by atoms with Gasteiger partial charge in [-0.25, -0.2) is 9.37 Å². The minimum atomic E-state index is -4.90. The molecular weight excluding hydrogens is 467 g/mol. The molecule has 12 heteroatoms. The molecule has 0 fully saturated rings. The van der Waals surface area contributed by atoms with E-state index in [0.29, 0.717) is 0 Å². The molecule has 0 atom stereocenters. The van der Waals surface area contributed by atoms with Crippen molar-refractivity contribution < 1.29 is 30.7 Å². The first kappa shape index (κ1) is 24.6. The molecule has 2 N–H and O–H groups in total. The standard InChI is InChI=1S/C22H14F7N5/c1-11-15(10-30)18(8-12-3-2-4-13(7-12)21(24,25)26)32-20(31)19(11)34-33-17-6-5-14(23)9-16(17)22(27,28)29/h2-7,9H,8H2,1H3,(H2,31,32). The zero-order valence-corrected chi connectivity index (χ0v) is 17.3. The smallest absolute Gasteiger partial charge is 0.382 e. The average molecular weight is 481 g/mol. The molecule has 3 aromatic rings. The van der Waals surface area contributed by atoms with E-state index in [2.05, 4.69) is 15.2 Å². The monoisotopic (exact) mass is 481 g/mol. The van der Waals surface area contributed by atoms with Crippen LogP contribution in [0.1, 0.15) is 33.5 Å². The number of nitrogens with two attached hydrogens (primary N) is 1. The number of alkyl halides is 6. The van der Waals surface area contributed by atoms with E-state index in [1.54, 1.807) is 0 Å². The first-order chi connectivity index (χ1) is 15.8. The minimum Gasteiger partial charge on any atom is -0.382 e. The number of nitriles is 1. The maximum Gasteiger partial charge on any atom is 0.418 e. The highest BCUT2D eigenvalue weighted by molar-refractivity contribution is 5.67. The van der Waals surface area contributed by atoms with Gasteiger partial charge >= 0.3 is 12.4 Å². The molecule has 0 aliphatic rings. The second-order valence-corrected chi connectivity index (χ2v) is 7.14. The lowest BCUT2D eigenvalue weighted by Gasteiger charge is -2.13. The largest absolute Gasteiger partial charge is 0.418 e. The normalized spacial score (nSPS) is 12.2. The lowest BCUT2D eigenvalue weighted by molar-refractivity contribution is -0.138. The van der Waals surface area contributed by atoms with Gasteiger partial charge in [-0.2, -0.15) is 31.6 Å². The molecular formula is C22H14F7N5. The number of benzene rings is 2. The molecule has 1 aromatic heterocycles. The maximum absolute atomic E-state index is 13.3. The van der Waals surface area contributed by atoms with Crippen LogP contribution in [0.2, 0.25) is 0 Å². The molecule has 3 rings (SSSR count). The van der Waals surface area contributed by atoms with Crippen molar-refractivity contribution >= 4 is 17.2 Å². The van der Waals surface area contributed by atoms with E-state index < -0.39 is 35.0 Å². The van der Waals surface area contributed by atoms with Crippen LogP contribution < -0.4 is 5.73 Å². The van der Waals surface area contributed by atoms with Gasteiger partial charge in [0, 0.05) is 6.42 Å². The molecule has 0 radical (unpaired) electrons. The number of hydrogen-bond acceptors (Lipinski definition) is 5. The maximum atomic E-state index is 13.3. The molecule has 0 aliphatic heterocycles. The molecule has 0 spiro atoms. The summed E-state index contributed by atoms with van der Waals surface area (Å²) < 4.78 is 91.7. The second-order valence-electron chi connectivity index (χ2n) is 7.14. The first-order valence-corrected chi connectivity index (χ1v) is 9.45. The zero-order chi connectivity index (χ0) is 25.3. The Morgan fingerprint density at radius 1 is 1.00 bits per heavy atom. The fourth-order valence-electron chi connectivity index (χ4n) is 3.16. The van der Waals surface area contributed by atoms with E-state index in [1.807, 2.05) is 6.07 Å². The molecule has 1 heterocycles. The summed E-state index contributed by atoms with van der Waals surface area (Å²) in [6, 6.07) is 8.14. The first-order valence-electron chi connectivity index (χ1n) is 9.45. The number of rotatable bonds is 4. The van der Waals surface area contributed by atoms with Gasteiger partial charge in [0.2, 0.25) is 0 Å². The predicted molar refractivity (Wildman–Crippen MR) is 108 cm³/mol. The Morgan fingerprint density at radius 3 is 2.32 bits per heavy atom. The number of pyridine rings is 1. The Morgan fingerprint density at radius 2 is 1.71 bits per heavy atom. The molecule has 5 nitrogen and oxygen atoms in total. The molecule has 34 heavy (non-hydrogen) atoms. The fourth-order valence-corrected chi connectivity index (χ4v) is 3.16. The van der Waals surface area contributed by atoms with Crippen LogP contribution in [0.25, 0.3) is 0 Å². The third-order valence-corrected chi connectivity index (χ3v) is 4.78. The SMILES string of the molecule is Cc1c(C#N)c(Cc2cccc(C(F)(F)F)c2)nc(N)c1N=Nc1ccc(F)cc1C(F)(F)F. The average Bonchev–Trinajstić information content (AvgIpc) is 2.73. The Hall–Kier alpha value is -4.01. The summed E-state index contributed by atoms with van der Waals surface area (Å²) >= 11 is 0. The van der Waals surface area contributed by atoms with Gasteiger partial charge in [-0.15, -0.1) is 10.2 Å².